The highest BCUT2D eigenvalue weighted by Gasteiger charge is 2.35. The van der Waals surface area contributed by atoms with Crippen LogP contribution in [-0.2, 0) is 0 Å². The minimum atomic E-state index is -1.85. The van der Waals surface area contributed by atoms with Gasteiger partial charge in [0.2, 0.25) is 3.79 Å². The number of thiocarbonyl (C=S) groups is 1. The van der Waals surface area contributed by atoms with Crippen LogP contribution >= 0.6 is 63.0 Å². The van der Waals surface area contributed by atoms with Gasteiger partial charge in [0.05, 0.1) is 5.56 Å². The largest absolute Gasteiger partial charge is 0.339 e. The van der Waals surface area contributed by atoms with Crippen LogP contribution in [0, 0.1) is 0 Å². The molecule has 0 unspecified atom stereocenters. The number of alkyl halides is 3. The molecule has 0 bridgehead atoms. The smallest absolute Gasteiger partial charge is 0.254 e. The van der Waals surface area contributed by atoms with Gasteiger partial charge in [-0.15, -0.1) is 0 Å². The zero-order chi connectivity index (χ0) is 21.0. The second-order valence-electron chi connectivity index (χ2n) is 6.05. The summed E-state index contributed by atoms with van der Waals surface area (Å²) >= 11 is 26.9. The van der Waals surface area contributed by atoms with Crippen LogP contribution in [0.5, 0.6) is 0 Å². The first-order chi connectivity index (χ1) is 13.8. The van der Waals surface area contributed by atoms with Gasteiger partial charge in [-0.1, -0.05) is 83.3 Å². The number of nitrogens with one attached hydrogen (secondary N) is 3. The van der Waals surface area contributed by atoms with Gasteiger partial charge < -0.3 is 16.0 Å². The van der Waals surface area contributed by atoms with Crippen LogP contribution in [0.25, 0.3) is 10.8 Å². The number of benzene rings is 3. The Kier molecular flexibility index (Phi) is 7.24. The highest BCUT2D eigenvalue weighted by molar-refractivity contribution is 9.10. The van der Waals surface area contributed by atoms with Gasteiger partial charge >= 0.3 is 0 Å². The molecule has 1 atom stereocenters. The van der Waals surface area contributed by atoms with Crippen LogP contribution in [-0.4, -0.2) is 21.0 Å². The van der Waals surface area contributed by atoms with Crippen LogP contribution in [0.3, 0.4) is 0 Å². The topological polar surface area (TPSA) is 53.2 Å². The summed E-state index contributed by atoms with van der Waals surface area (Å²) in [6, 6.07) is 20.6. The highest BCUT2D eigenvalue weighted by Crippen LogP contribution is 2.30. The molecule has 9 heteroatoms. The number of anilines is 1. The van der Waals surface area contributed by atoms with Gasteiger partial charge in [0, 0.05) is 15.5 Å². The van der Waals surface area contributed by atoms with Crippen LogP contribution in [0.2, 0.25) is 0 Å². The first-order valence-electron chi connectivity index (χ1n) is 8.43. The quantitative estimate of drug-likeness (QED) is 0.219. The molecule has 0 aliphatic rings. The average molecular weight is 532 g/mol. The summed E-state index contributed by atoms with van der Waals surface area (Å²) in [4.78, 5) is 12.6. The molecule has 0 saturated heterocycles. The van der Waals surface area contributed by atoms with Gasteiger partial charge in [0.1, 0.15) is 6.17 Å². The summed E-state index contributed by atoms with van der Waals surface area (Å²) in [5.74, 6) is -0.422. The molecule has 3 aromatic carbocycles. The molecule has 150 valence electrons. The molecule has 0 saturated carbocycles. The Balaban J connectivity index is 1.76. The summed E-state index contributed by atoms with van der Waals surface area (Å²) in [6.45, 7) is 0. The number of halogens is 4. The van der Waals surface area contributed by atoms with E-state index in [1.165, 1.54) is 0 Å². The number of carbonyl (C=O) groups excluding carboxylic acids is 1. The van der Waals surface area contributed by atoms with Crippen molar-refractivity contribution in [3.63, 3.8) is 0 Å². The van der Waals surface area contributed by atoms with Crippen molar-refractivity contribution in [2.24, 2.45) is 0 Å². The normalized spacial score (nSPS) is 12.3. The van der Waals surface area contributed by atoms with Crippen molar-refractivity contribution in [3.8, 4) is 0 Å². The molecule has 0 fully saturated rings. The van der Waals surface area contributed by atoms with Crippen molar-refractivity contribution >= 4 is 90.4 Å². The molecule has 0 aliphatic heterocycles. The van der Waals surface area contributed by atoms with E-state index in [9.17, 15) is 4.79 Å². The Morgan fingerprint density at radius 1 is 0.931 bits per heavy atom. The number of rotatable bonds is 4. The predicted octanol–water partition coefficient (Wildman–Crippen LogP) is 6.02. The van der Waals surface area contributed by atoms with E-state index in [1.807, 2.05) is 42.5 Å². The summed E-state index contributed by atoms with van der Waals surface area (Å²) in [5, 5.41) is 10.9. The Labute approximate surface area is 197 Å². The van der Waals surface area contributed by atoms with Gasteiger partial charge in [-0.3, -0.25) is 4.79 Å². The van der Waals surface area contributed by atoms with Gasteiger partial charge in [-0.2, -0.15) is 0 Å². The number of fused-ring (bicyclic) bond motifs is 1. The monoisotopic (exact) mass is 529 g/mol. The average Bonchev–Trinajstić information content (AvgIpc) is 2.67. The summed E-state index contributed by atoms with van der Waals surface area (Å²) in [5.41, 5.74) is 1.20. The van der Waals surface area contributed by atoms with E-state index in [0.717, 1.165) is 16.5 Å². The Hall–Kier alpha value is -1.57. The third-order valence-corrected chi connectivity index (χ3v) is 5.60. The maximum absolute atomic E-state index is 12.6. The van der Waals surface area contributed by atoms with E-state index < -0.39 is 15.9 Å². The fraction of sp³-hybridized carbons (Fsp3) is 0.100. The second-order valence-corrected chi connectivity index (χ2v) is 9.68. The molecule has 29 heavy (non-hydrogen) atoms. The molecule has 3 rings (SSSR count). The lowest BCUT2D eigenvalue weighted by molar-refractivity contribution is 0.0934. The highest BCUT2D eigenvalue weighted by atomic mass is 79.9. The van der Waals surface area contributed by atoms with Crippen LogP contribution in [0.4, 0.5) is 5.69 Å². The molecule has 0 radical (unpaired) electrons. The van der Waals surface area contributed by atoms with Crippen molar-refractivity contribution in [1.29, 1.82) is 0 Å². The number of hydrogen-bond acceptors (Lipinski definition) is 2. The maximum atomic E-state index is 12.6. The lowest BCUT2D eigenvalue weighted by atomic mass is 10.1. The van der Waals surface area contributed by atoms with Crippen LogP contribution in [0.1, 0.15) is 10.4 Å². The fourth-order valence-electron chi connectivity index (χ4n) is 2.68. The SMILES string of the molecule is O=C(N[C@@H](NC(=S)Nc1cccc2ccccc12)C(Cl)(Cl)Cl)c1ccccc1Br. The molecule has 0 aliphatic carbocycles. The van der Waals surface area contributed by atoms with Gasteiger partial charge in [-0.25, -0.2) is 0 Å². The predicted molar refractivity (Wildman–Crippen MR) is 129 cm³/mol. The Morgan fingerprint density at radius 2 is 1.59 bits per heavy atom. The first-order valence-corrected chi connectivity index (χ1v) is 10.8. The van der Waals surface area contributed by atoms with Gasteiger partial charge in [0.15, 0.2) is 5.11 Å². The van der Waals surface area contributed by atoms with Crippen molar-refractivity contribution in [1.82, 2.24) is 10.6 Å². The van der Waals surface area contributed by atoms with E-state index in [4.69, 9.17) is 47.0 Å². The molecule has 0 aromatic heterocycles. The third kappa shape index (κ3) is 5.74. The van der Waals surface area contributed by atoms with Crippen molar-refractivity contribution < 1.29 is 4.79 Å². The Morgan fingerprint density at radius 3 is 2.31 bits per heavy atom. The molecule has 0 heterocycles. The van der Waals surface area contributed by atoms with Gasteiger partial charge in [0.25, 0.3) is 5.91 Å². The van der Waals surface area contributed by atoms with Crippen molar-refractivity contribution in [2.45, 2.75) is 9.96 Å². The van der Waals surface area contributed by atoms with E-state index in [-0.39, 0.29) is 5.11 Å². The van der Waals surface area contributed by atoms with E-state index in [2.05, 4.69) is 31.9 Å². The molecule has 1 amide bonds. The molecule has 4 nitrogen and oxygen atoms in total. The molecule has 0 spiro atoms. The van der Waals surface area contributed by atoms with Crippen molar-refractivity contribution in [3.05, 3.63) is 76.8 Å². The summed E-state index contributed by atoms with van der Waals surface area (Å²) < 4.78 is -1.22. The zero-order valence-corrected chi connectivity index (χ0v) is 19.4. The van der Waals surface area contributed by atoms with E-state index in [1.54, 1.807) is 24.3 Å². The van der Waals surface area contributed by atoms with Crippen LogP contribution in [0.15, 0.2) is 71.2 Å². The lowest BCUT2D eigenvalue weighted by Crippen LogP contribution is -2.56. The number of hydrogen-bond donors (Lipinski definition) is 3. The fourth-order valence-corrected chi connectivity index (χ4v) is 3.70. The number of carbonyl (C=O) groups is 1. The second kappa shape index (κ2) is 9.49. The molecule has 3 N–H and O–H groups in total. The third-order valence-electron chi connectivity index (χ3n) is 4.03. The minimum absolute atomic E-state index is 0.199. The summed E-state index contributed by atoms with van der Waals surface area (Å²) in [7, 11) is 0. The van der Waals surface area contributed by atoms with Gasteiger partial charge in [-0.05, 0) is 51.7 Å². The lowest BCUT2D eigenvalue weighted by Gasteiger charge is -2.28. The van der Waals surface area contributed by atoms with E-state index >= 15 is 0 Å². The van der Waals surface area contributed by atoms with Crippen molar-refractivity contribution in [2.75, 3.05) is 5.32 Å². The van der Waals surface area contributed by atoms with Crippen LogP contribution < -0.4 is 16.0 Å². The van der Waals surface area contributed by atoms with E-state index in [0.29, 0.717) is 10.0 Å². The molecular weight excluding hydrogens is 517 g/mol. The molecule has 3 aromatic rings. The maximum Gasteiger partial charge on any atom is 0.254 e. The Bertz CT molecular complexity index is 1050. The minimum Gasteiger partial charge on any atom is -0.339 e. The number of amides is 1. The standard InChI is InChI=1S/C20H15BrCl3N3OS/c21-15-10-4-3-9-14(15)17(28)26-18(20(22,23)24)27-19(29)25-16-11-5-7-12-6-1-2-8-13(12)16/h1-11,18H,(H,26,28)(H2,25,27,29)/t18-/m0/s1. The summed E-state index contributed by atoms with van der Waals surface area (Å²) in [6.07, 6.45) is -1.07. The zero-order valence-electron chi connectivity index (χ0n) is 14.8. The first kappa shape index (κ1) is 22.1. The molecular formula is C20H15BrCl3N3OS.